The summed E-state index contributed by atoms with van der Waals surface area (Å²) in [4.78, 5) is 14.0. The summed E-state index contributed by atoms with van der Waals surface area (Å²) in [7, 11) is 0. The summed E-state index contributed by atoms with van der Waals surface area (Å²) in [6, 6.07) is 5.98. The van der Waals surface area contributed by atoms with E-state index in [1.54, 1.807) is 13.8 Å². The Morgan fingerprint density at radius 3 is 2.27 bits per heavy atom. The van der Waals surface area contributed by atoms with Crippen LogP contribution < -0.4 is 10.6 Å². The third kappa shape index (κ3) is 4.98. The number of alkyl halides is 3. The first-order valence-corrected chi connectivity index (χ1v) is 9.05. The highest BCUT2D eigenvalue weighted by Crippen LogP contribution is 2.27. The Hall–Kier alpha value is -1.60. The zero-order valence-electron chi connectivity index (χ0n) is 15.6. The number of nitrogens with zero attached hydrogens (tertiary/aromatic N) is 1. The van der Waals surface area contributed by atoms with E-state index in [4.69, 9.17) is 0 Å². The van der Waals surface area contributed by atoms with Crippen molar-refractivity contribution in [3.63, 3.8) is 0 Å². The van der Waals surface area contributed by atoms with Gasteiger partial charge in [-0.1, -0.05) is 31.2 Å². The number of piperazine rings is 1. The zero-order valence-corrected chi connectivity index (χ0v) is 15.6. The summed E-state index contributed by atoms with van der Waals surface area (Å²) in [5, 5.41) is 5.58. The number of carbonyl (C=O) groups excluding carboxylic acids is 1. The van der Waals surface area contributed by atoms with Crippen LogP contribution in [0.1, 0.15) is 31.9 Å². The third-order valence-corrected chi connectivity index (χ3v) is 5.08. The van der Waals surface area contributed by atoms with Crippen molar-refractivity contribution in [2.45, 2.75) is 44.8 Å². The lowest BCUT2D eigenvalue weighted by molar-refractivity contribution is -0.184. The molecule has 2 rings (SSSR count). The molecule has 0 spiro atoms. The van der Waals surface area contributed by atoms with Crippen LogP contribution in [0.4, 0.5) is 13.2 Å². The predicted molar refractivity (Wildman–Crippen MR) is 96.1 cm³/mol. The first-order chi connectivity index (χ1) is 12.2. The van der Waals surface area contributed by atoms with Crippen molar-refractivity contribution in [3.05, 3.63) is 35.4 Å². The molecule has 0 aliphatic carbocycles. The van der Waals surface area contributed by atoms with E-state index >= 15 is 0 Å². The van der Waals surface area contributed by atoms with Crippen LogP contribution in [0.3, 0.4) is 0 Å². The largest absolute Gasteiger partial charge is 0.405 e. The number of hydrogen-bond acceptors (Lipinski definition) is 3. The molecular weight excluding hydrogens is 343 g/mol. The third-order valence-electron chi connectivity index (χ3n) is 5.08. The summed E-state index contributed by atoms with van der Waals surface area (Å²) in [5.41, 5.74) is 1.05. The number of rotatable bonds is 6. The first kappa shape index (κ1) is 20.7. The molecule has 1 aliphatic rings. The second-order valence-corrected chi connectivity index (χ2v) is 7.23. The number of hydrogen-bond donors (Lipinski definition) is 2. The molecule has 4 nitrogen and oxygen atoms in total. The van der Waals surface area contributed by atoms with Crippen molar-refractivity contribution in [2.24, 2.45) is 0 Å². The Labute approximate surface area is 153 Å². The van der Waals surface area contributed by atoms with Crippen LogP contribution in [0.5, 0.6) is 0 Å². The molecule has 1 aliphatic heterocycles. The van der Waals surface area contributed by atoms with Gasteiger partial charge in [0.1, 0.15) is 6.04 Å². The Bertz CT molecular complexity index is 593. The monoisotopic (exact) mass is 371 g/mol. The van der Waals surface area contributed by atoms with E-state index in [9.17, 15) is 18.0 Å². The molecule has 7 heteroatoms. The summed E-state index contributed by atoms with van der Waals surface area (Å²) >= 11 is 0. The van der Waals surface area contributed by atoms with Gasteiger partial charge in [0.25, 0.3) is 0 Å². The zero-order chi connectivity index (χ0) is 19.4. The quantitative estimate of drug-likeness (QED) is 0.808. The van der Waals surface area contributed by atoms with E-state index in [0.29, 0.717) is 26.2 Å². The predicted octanol–water partition coefficient (Wildman–Crippen LogP) is 2.48. The van der Waals surface area contributed by atoms with Crippen LogP contribution in [0.25, 0.3) is 0 Å². The van der Waals surface area contributed by atoms with Crippen LogP contribution in [-0.2, 0) is 16.6 Å². The van der Waals surface area contributed by atoms with Gasteiger partial charge in [0, 0.05) is 32.7 Å². The van der Waals surface area contributed by atoms with Gasteiger partial charge in [0.15, 0.2) is 0 Å². The molecule has 1 heterocycles. The fourth-order valence-electron chi connectivity index (χ4n) is 3.14. The van der Waals surface area contributed by atoms with Crippen molar-refractivity contribution in [1.82, 2.24) is 15.5 Å². The fourth-order valence-corrected chi connectivity index (χ4v) is 3.14. The molecule has 0 aromatic heterocycles. The van der Waals surface area contributed by atoms with Crippen LogP contribution in [0.15, 0.2) is 24.3 Å². The Morgan fingerprint density at radius 1 is 1.19 bits per heavy atom. The van der Waals surface area contributed by atoms with E-state index in [2.05, 4.69) is 10.6 Å². The van der Waals surface area contributed by atoms with E-state index < -0.39 is 30.1 Å². The Morgan fingerprint density at radius 2 is 1.77 bits per heavy atom. The molecule has 0 radical (unpaired) electrons. The number of benzene rings is 1. The van der Waals surface area contributed by atoms with Crippen molar-refractivity contribution >= 4 is 5.91 Å². The van der Waals surface area contributed by atoms with Crippen LogP contribution >= 0.6 is 0 Å². The molecular formula is C19H28F3N3O. The van der Waals surface area contributed by atoms with Crippen molar-refractivity contribution in [3.8, 4) is 0 Å². The van der Waals surface area contributed by atoms with Gasteiger partial charge in [-0.15, -0.1) is 0 Å². The van der Waals surface area contributed by atoms with Crippen molar-refractivity contribution in [1.29, 1.82) is 0 Å². The summed E-state index contributed by atoms with van der Waals surface area (Å²) in [6.07, 6.45) is -3.48. The maximum Gasteiger partial charge on any atom is 0.405 e. The minimum absolute atomic E-state index is 0.321. The number of halogens is 3. The van der Waals surface area contributed by atoms with Gasteiger partial charge in [-0.05, 0) is 31.4 Å². The van der Waals surface area contributed by atoms with Gasteiger partial charge in [-0.25, -0.2) is 0 Å². The average molecular weight is 371 g/mol. The minimum atomic E-state index is -4.38. The Balaban J connectivity index is 2.05. The van der Waals surface area contributed by atoms with E-state index in [1.165, 1.54) is 4.90 Å². The molecule has 0 bridgehead atoms. The maximum atomic E-state index is 13.4. The number of amides is 1. The number of nitrogens with one attached hydrogen (secondary N) is 2. The molecule has 0 saturated carbocycles. The van der Waals surface area contributed by atoms with Crippen LogP contribution in [-0.4, -0.2) is 55.7 Å². The molecule has 2 N–H and O–H groups in total. The summed E-state index contributed by atoms with van der Waals surface area (Å²) < 4.78 is 40.3. The highest BCUT2D eigenvalue weighted by Gasteiger charge is 2.44. The van der Waals surface area contributed by atoms with Gasteiger partial charge in [-0.3, -0.25) is 9.69 Å². The topological polar surface area (TPSA) is 44.4 Å². The lowest BCUT2D eigenvalue weighted by Gasteiger charge is -2.36. The molecule has 26 heavy (non-hydrogen) atoms. The second kappa shape index (κ2) is 8.39. The molecule has 146 valence electrons. The van der Waals surface area contributed by atoms with E-state index in [1.807, 2.05) is 31.2 Å². The lowest BCUT2D eigenvalue weighted by atomic mass is 9.83. The van der Waals surface area contributed by atoms with Gasteiger partial charge in [0.2, 0.25) is 5.91 Å². The fraction of sp³-hybridized carbons (Fsp3) is 0.632. The standard InChI is InChI=1S/C19H28F3N3O/c1-4-14-5-7-15(8-6-14)18(2,3)17(26)24-13-16(19(20,21)22)25-11-9-23-10-12-25/h5-8,16,23H,4,9-13H2,1-3H3,(H,24,26). The Kier molecular flexibility index (Phi) is 6.69. The number of aryl methyl sites for hydroxylation is 1. The van der Waals surface area contributed by atoms with E-state index in [0.717, 1.165) is 17.5 Å². The summed E-state index contributed by atoms with van der Waals surface area (Å²) in [6.45, 7) is 6.77. The molecule has 1 fully saturated rings. The molecule has 1 amide bonds. The van der Waals surface area contributed by atoms with Crippen LogP contribution in [0, 0.1) is 0 Å². The first-order valence-electron chi connectivity index (χ1n) is 9.05. The van der Waals surface area contributed by atoms with Crippen molar-refractivity contribution < 1.29 is 18.0 Å². The highest BCUT2D eigenvalue weighted by molar-refractivity contribution is 5.87. The second-order valence-electron chi connectivity index (χ2n) is 7.23. The highest BCUT2D eigenvalue weighted by atomic mass is 19.4. The van der Waals surface area contributed by atoms with Crippen LogP contribution in [0.2, 0.25) is 0 Å². The normalized spacial score (nSPS) is 17.8. The van der Waals surface area contributed by atoms with Gasteiger partial charge in [0.05, 0.1) is 5.41 Å². The number of carbonyl (C=O) groups is 1. The van der Waals surface area contributed by atoms with E-state index in [-0.39, 0.29) is 0 Å². The SMILES string of the molecule is CCc1ccc(C(C)(C)C(=O)NCC(N2CCNCC2)C(F)(F)F)cc1. The minimum Gasteiger partial charge on any atom is -0.353 e. The molecule has 1 aromatic rings. The summed E-state index contributed by atoms with van der Waals surface area (Å²) in [5.74, 6) is -0.397. The molecule has 1 atom stereocenters. The molecule has 1 saturated heterocycles. The maximum absolute atomic E-state index is 13.4. The van der Waals surface area contributed by atoms with Gasteiger partial charge >= 0.3 is 6.18 Å². The van der Waals surface area contributed by atoms with Gasteiger partial charge < -0.3 is 10.6 Å². The smallest absolute Gasteiger partial charge is 0.353 e. The van der Waals surface area contributed by atoms with Crippen molar-refractivity contribution in [2.75, 3.05) is 32.7 Å². The molecule has 1 unspecified atom stereocenters. The average Bonchev–Trinajstić information content (AvgIpc) is 2.61. The molecule has 1 aromatic carbocycles. The van der Waals surface area contributed by atoms with Gasteiger partial charge in [-0.2, -0.15) is 13.2 Å². The lowest BCUT2D eigenvalue weighted by Crippen LogP contribution is -2.58.